The van der Waals surface area contributed by atoms with Crippen LogP contribution in [-0.2, 0) is 9.53 Å². The lowest BCUT2D eigenvalue weighted by atomic mass is 9.79. The van der Waals surface area contributed by atoms with Gasteiger partial charge in [-0.3, -0.25) is 4.79 Å². The van der Waals surface area contributed by atoms with E-state index >= 15 is 0 Å². The largest absolute Gasteiger partial charge is 0.381 e. The molecular weight excluding hydrogens is 240 g/mol. The third-order valence-electron chi connectivity index (χ3n) is 4.68. The molecule has 1 atom stereocenters. The maximum absolute atomic E-state index is 12.1. The second kappa shape index (κ2) is 7.25. The number of hydrogen-bond donors (Lipinski definition) is 2. The zero-order valence-electron chi connectivity index (χ0n) is 12.2. The van der Waals surface area contributed by atoms with Gasteiger partial charge in [-0.1, -0.05) is 19.3 Å². The van der Waals surface area contributed by atoms with Crippen molar-refractivity contribution >= 4 is 5.91 Å². The van der Waals surface area contributed by atoms with Crippen LogP contribution in [-0.4, -0.2) is 38.3 Å². The molecule has 1 heterocycles. The first-order chi connectivity index (χ1) is 9.24. The van der Waals surface area contributed by atoms with E-state index in [9.17, 15) is 4.79 Å². The highest BCUT2D eigenvalue weighted by molar-refractivity contribution is 5.77. The second-order valence-corrected chi connectivity index (χ2v) is 6.16. The van der Waals surface area contributed by atoms with Crippen LogP contribution in [0.5, 0.6) is 0 Å². The van der Waals surface area contributed by atoms with Gasteiger partial charge in [0.2, 0.25) is 5.91 Å². The van der Waals surface area contributed by atoms with E-state index in [0.717, 1.165) is 39.0 Å². The predicted octanol–water partition coefficient (Wildman–Crippen LogP) is 1.84. The van der Waals surface area contributed by atoms with Crippen molar-refractivity contribution in [2.45, 2.75) is 56.9 Å². The molecule has 1 aliphatic carbocycles. The number of carbonyl (C=O) groups excluding carboxylic acids is 1. The molecule has 0 bridgehead atoms. The zero-order chi connectivity index (χ0) is 13.6. The van der Waals surface area contributed by atoms with Gasteiger partial charge in [0, 0.05) is 25.1 Å². The minimum Gasteiger partial charge on any atom is -0.381 e. The van der Waals surface area contributed by atoms with Gasteiger partial charge in [0.1, 0.15) is 0 Å². The van der Waals surface area contributed by atoms with Gasteiger partial charge in [-0.2, -0.15) is 0 Å². The summed E-state index contributed by atoms with van der Waals surface area (Å²) in [5, 5.41) is 6.50. The molecule has 4 heteroatoms. The fourth-order valence-electron chi connectivity index (χ4n) is 3.34. The highest BCUT2D eigenvalue weighted by Gasteiger charge is 2.32. The normalized spacial score (nSPS) is 26.9. The summed E-state index contributed by atoms with van der Waals surface area (Å²) in [6.07, 6.45) is 8.97. The molecule has 0 aromatic rings. The van der Waals surface area contributed by atoms with E-state index in [1.165, 1.54) is 25.7 Å². The molecule has 0 aromatic carbocycles. The summed E-state index contributed by atoms with van der Waals surface area (Å²) >= 11 is 0. The molecule has 2 fully saturated rings. The van der Waals surface area contributed by atoms with Crippen LogP contribution in [0.1, 0.15) is 51.4 Å². The lowest BCUT2D eigenvalue weighted by Crippen LogP contribution is -2.48. The standard InChI is InChI=1S/C15H28N2O2/c1-16-15(7-3-2-4-8-15)10-14(18)17-11-13-6-5-9-19-12-13/h13,16H,2-12H2,1H3,(H,17,18). The predicted molar refractivity (Wildman–Crippen MR) is 76.0 cm³/mol. The van der Waals surface area contributed by atoms with Crippen molar-refractivity contribution in [3.63, 3.8) is 0 Å². The Labute approximate surface area is 116 Å². The molecule has 1 aliphatic heterocycles. The third-order valence-corrected chi connectivity index (χ3v) is 4.68. The lowest BCUT2D eigenvalue weighted by Gasteiger charge is -2.36. The molecule has 2 aliphatic rings. The summed E-state index contributed by atoms with van der Waals surface area (Å²) in [6.45, 7) is 2.46. The van der Waals surface area contributed by atoms with Crippen molar-refractivity contribution < 1.29 is 9.53 Å². The molecule has 110 valence electrons. The molecule has 2 rings (SSSR count). The number of carbonyl (C=O) groups is 1. The average molecular weight is 268 g/mol. The van der Waals surface area contributed by atoms with Crippen molar-refractivity contribution in [2.24, 2.45) is 5.92 Å². The number of rotatable bonds is 5. The number of hydrogen-bond acceptors (Lipinski definition) is 3. The summed E-state index contributed by atoms with van der Waals surface area (Å²) in [5.41, 5.74) is 0.0470. The Hall–Kier alpha value is -0.610. The van der Waals surface area contributed by atoms with Gasteiger partial charge < -0.3 is 15.4 Å². The molecule has 4 nitrogen and oxygen atoms in total. The van der Waals surface area contributed by atoms with E-state index in [-0.39, 0.29) is 11.4 Å². The van der Waals surface area contributed by atoms with Crippen LogP contribution in [0.25, 0.3) is 0 Å². The maximum Gasteiger partial charge on any atom is 0.221 e. The van der Waals surface area contributed by atoms with Crippen LogP contribution in [0.4, 0.5) is 0 Å². The summed E-state index contributed by atoms with van der Waals surface area (Å²) in [4.78, 5) is 12.1. The van der Waals surface area contributed by atoms with Crippen molar-refractivity contribution in [3.8, 4) is 0 Å². The van der Waals surface area contributed by atoms with Crippen molar-refractivity contribution in [1.82, 2.24) is 10.6 Å². The Bertz CT molecular complexity index is 282. The zero-order valence-corrected chi connectivity index (χ0v) is 12.2. The molecular formula is C15H28N2O2. The Morgan fingerprint density at radius 1 is 1.26 bits per heavy atom. The van der Waals surface area contributed by atoms with Crippen LogP contribution in [0.2, 0.25) is 0 Å². The number of ether oxygens (including phenoxy) is 1. The minimum atomic E-state index is 0.0470. The lowest BCUT2D eigenvalue weighted by molar-refractivity contribution is -0.123. The third kappa shape index (κ3) is 4.46. The van der Waals surface area contributed by atoms with Crippen molar-refractivity contribution in [1.29, 1.82) is 0 Å². The first-order valence-corrected chi connectivity index (χ1v) is 7.77. The van der Waals surface area contributed by atoms with Crippen LogP contribution in [0, 0.1) is 5.92 Å². The van der Waals surface area contributed by atoms with Crippen LogP contribution < -0.4 is 10.6 Å². The van der Waals surface area contributed by atoms with E-state index in [0.29, 0.717) is 12.3 Å². The SMILES string of the molecule is CNC1(CC(=O)NCC2CCCOC2)CCCCC1. The number of amides is 1. The topological polar surface area (TPSA) is 50.4 Å². The second-order valence-electron chi connectivity index (χ2n) is 6.16. The molecule has 0 aromatic heterocycles. The average Bonchev–Trinajstić information content (AvgIpc) is 2.47. The highest BCUT2D eigenvalue weighted by atomic mass is 16.5. The smallest absolute Gasteiger partial charge is 0.221 e. The summed E-state index contributed by atoms with van der Waals surface area (Å²) in [6, 6.07) is 0. The van der Waals surface area contributed by atoms with E-state index in [2.05, 4.69) is 10.6 Å². The summed E-state index contributed by atoms with van der Waals surface area (Å²) < 4.78 is 5.44. The van der Waals surface area contributed by atoms with Gasteiger partial charge >= 0.3 is 0 Å². The molecule has 0 spiro atoms. The van der Waals surface area contributed by atoms with Gasteiger partial charge in [0.05, 0.1) is 6.61 Å². The van der Waals surface area contributed by atoms with E-state index < -0.39 is 0 Å². The first kappa shape index (κ1) is 14.8. The van der Waals surface area contributed by atoms with Crippen LogP contribution in [0.15, 0.2) is 0 Å². The molecule has 1 saturated carbocycles. The van der Waals surface area contributed by atoms with Crippen LogP contribution >= 0.6 is 0 Å². The van der Waals surface area contributed by atoms with Crippen LogP contribution in [0.3, 0.4) is 0 Å². The summed E-state index contributed by atoms with van der Waals surface area (Å²) in [7, 11) is 1.99. The van der Waals surface area contributed by atoms with Gasteiger partial charge in [-0.25, -0.2) is 0 Å². The Morgan fingerprint density at radius 3 is 2.68 bits per heavy atom. The minimum absolute atomic E-state index is 0.0470. The monoisotopic (exact) mass is 268 g/mol. The molecule has 1 saturated heterocycles. The fraction of sp³-hybridized carbons (Fsp3) is 0.933. The Kier molecular flexibility index (Phi) is 5.64. The maximum atomic E-state index is 12.1. The van der Waals surface area contributed by atoms with Gasteiger partial charge in [0.15, 0.2) is 0 Å². The molecule has 19 heavy (non-hydrogen) atoms. The summed E-state index contributed by atoms with van der Waals surface area (Å²) in [5.74, 6) is 0.705. The van der Waals surface area contributed by atoms with E-state index in [1.807, 2.05) is 7.05 Å². The molecule has 2 N–H and O–H groups in total. The fourth-order valence-corrected chi connectivity index (χ4v) is 3.34. The Morgan fingerprint density at radius 2 is 2.05 bits per heavy atom. The number of nitrogens with one attached hydrogen (secondary N) is 2. The quantitative estimate of drug-likeness (QED) is 0.800. The van der Waals surface area contributed by atoms with E-state index in [4.69, 9.17) is 4.74 Å². The van der Waals surface area contributed by atoms with Gasteiger partial charge in [0.25, 0.3) is 0 Å². The van der Waals surface area contributed by atoms with Crippen molar-refractivity contribution in [2.75, 3.05) is 26.8 Å². The van der Waals surface area contributed by atoms with Gasteiger partial charge in [-0.15, -0.1) is 0 Å². The molecule has 0 radical (unpaired) electrons. The first-order valence-electron chi connectivity index (χ1n) is 7.77. The Balaban J connectivity index is 1.72. The van der Waals surface area contributed by atoms with E-state index in [1.54, 1.807) is 0 Å². The highest BCUT2D eigenvalue weighted by Crippen LogP contribution is 2.30. The molecule has 1 amide bonds. The van der Waals surface area contributed by atoms with Gasteiger partial charge in [-0.05, 0) is 38.6 Å². The van der Waals surface area contributed by atoms with Crippen molar-refractivity contribution in [3.05, 3.63) is 0 Å². The molecule has 1 unspecified atom stereocenters.